The Labute approximate surface area is 86.4 Å². The summed E-state index contributed by atoms with van der Waals surface area (Å²) in [7, 11) is 1.50. The maximum Gasteiger partial charge on any atom is 0.286 e. The van der Waals surface area contributed by atoms with Gasteiger partial charge in [0.1, 0.15) is 0 Å². The number of methoxy groups -OCH3 is 1. The highest BCUT2D eigenvalue weighted by molar-refractivity contribution is 5.71. The summed E-state index contributed by atoms with van der Waals surface area (Å²) >= 11 is 0. The third-order valence-electron chi connectivity index (χ3n) is 1.75. The molecule has 0 rings (SSSR count). The standard InChI is InChI=1S/C11H20N2O/c1-6-7-9(11(2,3)4)8-13-10(12)14-5/h6-8H,1-5H3,(H2,12,13)/b7-6-,9-8+. The van der Waals surface area contributed by atoms with Crippen LogP contribution in [0.5, 0.6) is 0 Å². The molecule has 0 amide bonds. The first-order valence-electron chi connectivity index (χ1n) is 4.62. The molecule has 0 aliphatic heterocycles. The second kappa shape index (κ2) is 5.47. The van der Waals surface area contributed by atoms with Crippen LogP contribution >= 0.6 is 0 Å². The largest absolute Gasteiger partial charge is 0.469 e. The van der Waals surface area contributed by atoms with Gasteiger partial charge < -0.3 is 10.5 Å². The van der Waals surface area contributed by atoms with E-state index in [-0.39, 0.29) is 11.4 Å². The number of aliphatic imine (C=N–C) groups is 1. The summed E-state index contributed by atoms with van der Waals surface area (Å²) in [5.41, 5.74) is 6.59. The van der Waals surface area contributed by atoms with Crippen LogP contribution in [-0.4, -0.2) is 13.1 Å². The lowest BCUT2D eigenvalue weighted by atomic mass is 9.87. The van der Waals surface area contributed by atoms with Gasteiger partial charge in [0.15, 0.2) is 0 Å². The molecule has 0 fully saturated rings. The van der Waals surface area contributed by atoms with E-state index in [0.29, 0.717) is 0 Å². The van der Waals surface area contributed by atoms with E-state index >= 15 is 0 Å². The minimum absolute atomic E-state index is 0.0596. The number of nitrogens with zero attached hydrogens (tertiary/aromatic N) is 1. The lowest BCUT2D eigenvalue weighted by Gasteiger charge is -2.19. The highest BCUT2D eigenvalue weighted by Crippen LogP contribution is 2.26. The SMILES string of the molecule is C\C=C/C(=C\N=C(/N)OC)C(C)(C)C. The fraction of sp³-hybridized carbons (Fsp3) is 0.545. The molecular formula is C11H20N2O. The van der Waals surface area contributed by atoms with Crippen molar-refractivity contribution in [3.05, 3.63) is 23.9 Å². The molecule has 3 nitrogen and oxygen atoms in total. The van der Waals surface area contributed by atoms with Gasteiger partial charge in [0.05, 0.1) is 7.11 Å². The second-order valence-corrected chi connectivity index (χ2v) is 4.01. The average Bonchev–Trinajstić information content (AvgIpc) is 2.09. The molecule has 3 heteroatoms. The maximum atomic E-state index is 5.42. The molecule has 0 aromatic heterocycles. The Morgan fingerprint density at radius 3 is 2.29 bits per heavy atom. The molecule has 0 atom stereocenters. The molecular weight excluding hydrogens is 176 g/mol. The van der Waals surface area contributed by atoms with Crippen LogP contribution in [-0.2, 0) is 4.74 Å². The van der Waals surface area contributed by atoms with Crippen molar-refractivity contribution in [2.45, 2.75) is 27.7 Å². The zero-order valence-corrected chi connectivity index (χ0v) is 9.66. The summed E-state index contributed by atoms with van der Waals surface area (Å²) in [6.45, 7) is 8.34. The first-order chi connectivity index (χ1) is 6.41. The number of ether oxygens (including phenoxy) is 1. The molecule has 0 aliphatic carbocycles. The van der Waals surface area contributed by atoms with Crippen molar-refractivity contribution in [2.24, 2.45) is 16.1 Å². The Morgan fingerprint density at radius 1 is 1.36 bits per heavy atom. The van der Waals surface area contributed by atoms with Crippen LogP contribution in [0.3, 0.4) is 0 Å². The minimum Gasteiger partial charge on any atom is -0.469 e. The fourth-order valence-corrected chi connectivity index (χ4v) is 0.852. The van der Waals surface area contributed by atoms with Gasteiger partial charge in [-0.2, -0.15) is 0 Å². The van der Waals surface area contributed by atoms with Crippen LogP contribution in [0.15, 0.2) is 28.9 Å². The van der Waals surface area contributed by atoms with E-state index in [1.165, 1.54) is 7.11 Å². The highest BCUT2D eigenvalue weighted by Gasteiger charge is 2.13. The summed E-state index contributed by atoms with van der Waals surface area (Å²) in [5, 5.41) is 0. The Hall–Kier alpha value is -1.25. The smallest absolute Gasteiger partial charge is 0.286 e. The van der Waals surface area contributed by atoms with E-state index in [2.05, 4.69) is 25.8 Å². The fourth-order valence-electron chi connectivity index (χ4n) is 0.852. The summed E-state index contributed by atoms with van der Waals surface area (Å²) in [6.07, 6.45) is 5.74. The number of hydrogen-bond donors (Lipinski definition) is 1. The normalized spacial score (nSPS) is 14.9. The van der Waals surface area contributed by atoms with Gasteiger partial charge in [-0.05, 0) is 17.9 Å². The van der Waals surface area contributed by atoms with Gasteiger partial charge in [-0.15, -0.1) is 0 Å². The summed E-state index contributed by atoms with van der Waals surface area (Å²) in [6, 6.07) is 0.177. The first kappa shape index (κ1) is 12.8. The first-order valence-corrected chi connectivity index (χ1v) is 4.62. The van der Waals surface area contributed by atoms with Crippen molar-refractivity contribution in [3.63, 3.8) is 0 Å². The number of rotatable bonds is 2. The van der Waals surface area contributed by atoms with Crippen molar-refractivity contribution < 1.29 is 4.74 Å². The van der Waals surface area contributed by atoms with Crippen molar-refractivity contribution in [3.8, 4) is 0 Å². The van der Waals surface area contributed by atoms with E-state index in [0.717, 1.165) is 5.57 Å². The molecule has 0 radical (unpaired) electrons. The quantitative estimate of drug-likeness (QED) is 0.419. The molecule has 0 aromatic carbocycles. The Kier molecular flexibility index (Phi) is 4.99. The monoisotopic (exact) mass is 196 g/mol. The van der Waals surface area contributed by atoms with Gasteiger partial charge in [-0.3, -0.25) is 0 Å². The summed E-state index contributed by atoms with van der Waals surface area (Å²) in [4.78, 5) is 3.99. The van der Waals surface area contributed by atoms with Crippen molar-refractivity contribution in [1.82, 2.24) is 0 Å². The van der Waals surface area contributed by atoms with Crippen molar-refractivity contribution in [2.75, 3.05) is 7.11 Å². The molecule has 2 N–H and O–H groups in total. The van der Waals surface area contributed by atoms with Crippen molar-refractivity contribution in [1.29, 1.82) is 0 Å². The highest BCUT2D eigenvalue weighted by atomic mass is 16.5. The van der Waals surface area contributed by atoms with Gasteiger partial charge in [-0.1, -0.05) is 32.9 Å². The average molecular weight is 196 g/mol. The summed E-state index contributed by atoms with van der Waals surface area (Å²) in [5.74, 6) is 0. The van der Waals surface area contributed by atoms with E-state index in [1.54, 1.807) is 6.20 Å². The van der Waals surface area contributed by atoms with Crippen molar-refractivity contribution >= 4 is 6.02 Å². The third-order valence-corrected chi connectivity index (χ3v) is 1.75. The van der Waals surface area contributed by atoms with E-state index < -0.39 is 0 Å². The molecule has 80 valence electrons. The molecule has 0 aromatic rings. The van der Waals surface area contributed by atoms with E-state index in [9.17, 15) is 0 Å². The minimum atomic E-state index is 0.0596. The number of hydrogen-bond acceptors (Lipinski definition) is 2. The van der Waals surface area contributed by atoms with E-state index in [4.69, 9.17) is 10.5 Å². The molecule has 14 heavy (non-hydrogen) atoms. The van der Waals surface area contributed by atoms with Crippen LogP contribution in [0.25, 0.3) is 0 Å². The molecule has 0 saturated heterocycles. The third kappa shape index (κ3) is 4.70. The van der Waals surface area contributed by atoms with Gasteiger partial charge in [0, 0.05) is 6.20 Å². The summed E-state index contributed by atoms with van der Waals surface area (Å²) < 4.78 is 4.75. The lowest BCUT2D eigenvalue weighted by molar-refractivity contribution is 0.396. The topological polar surface area (TPSA) is 47.6 Å². The van der Waals surface area contributed by atoms with Crippen LogP contribution in [0.2, 0.25) is 0 Å². The zero-order chi connectivity index (χ0) is 11.2. The van der Waals surface area contributed by atoms with Gasteiger partial charge in [-0.25, -0.2) is 4.99 Å². The van der Waals surface area contributed by atoms with Gasteiger partial charge >= 0.3 is 0 Å². The van der Waals surface area contributed by atoms with Crippen LogP contribution < -0.4 is 5.73 Å². The molecule has 0 aliphatic rings. The maximum absolute atomic E-state index is 5.42. The Balaban J connectivity index is 4.84. The molecule has 0 unspecified atom stereocenters. The van der Waals surface area contributed by atoms with Crippen LogP contribution in [0, 0.1) is 5.41 Å². The van der Waals surface area contributed by atoms with Gasteiger partial charge in [0.25, 0.3) is 6.02 Å². The molecule has 0 bridgehead atoms. The Morgan fingerprint density at radius 2 is 1.93 bits per heavy atom. The number of nitrogens with two attached hydrogens (primary N) is 1. The number of amidine groups is 1. The van der Waals surface area contributed by atoms with Crippen LogP contribution in [0.1, 0.15) is 27.7 Å². The Bertz CT molecular complexity index is 257. The molecule has 0 heterocycles. The van der Waals surface area contributed by atoms with Gasteiger partial charge in [0.2, 0.25) is 0 Å². The second-order valence-electron chi connectivity index (χ2n) is 4.01. The zero-order valence-electron chi connectivity index (χ0n) is 9.66. The predicted octanol–water partition coefficient (Wildman–Crippen LogP) is 2.45. The predicted molar refractivity (Wildman–Crippen MR) is 61.0 cm³/mol. The molecule has 0 spiro atoms. The number of allylic oxidation sites excluding steroid dienone is 3. The van der Waals surface area contributed by atoms with E-state index in [1.807, 2.05) is 19.1 Å². The van der Waals surface area contributed by atoms with Crippen LogP contribution in [0.4, 0.5) is 0 Å². The molecule has 0 saturated carbocycles. The lowest BCUT2D eigenvalue weighted by Crippen LogP contribution is -2.13.